The summed E-state index contributed by atoms with van der Waals surface area (Å²) in [6.45, 7) is 4.47. The molecule has 1 aromatic rings. The van der Waals surface area contributed by atoms with Crippen LogP contribution in [0.5, 0.6) is 0 Å². The normalized spacial score (nSPS) is 18.3. The Bertz CT molecular complexity index is 576. The summed E-state index contributed by atoms with van der Waals surface area (Å²) < 4.78 is 5.64. The summed E-state index contributed by atoms with van der Waals surface area (Å²) in [6.07, 6.45) is 5.17. The van der Waals surface area contributed by atoms with E-state index in [1.54, 1.807) is 0 Å². The Morgan fingerprint density at radius 2 is 1.65 bits per heavy atom. The Balaban J connectivity index is 1.29. The van der Waals surface area contributed by atoms with E-state index < -0.39 is 0 Å². The topological polar surface area (TPSA) is 49.9 Å². The van der Waals surface area contributed by atoms with Crippen molar-refractivity contribution >= 4 is 11.8 Å². The summed E-state index contributed by atoms with van der Waals surface area (Å²) in [5.74, 6) is 0.621. The maximum absolute atomic E-state index is 12.4. The van der Waals surface area contributed by atoms with E-state index in [0.717, 1.165) is 50.8 Å². The van der Waals surface area contributed by atoms with Gasteiger partial charge in [-0.2, -0.15) is 0 Å². The highest BCUT2D eigenvalue weighted by molar-refractivity contribution is 5.80. The van der Waals surface area contributed by atoms with E-state index in [0.29, 0.717) is 38.6 Å². The summed E-state index contributed by atoms with van der Waals surface area (Å²) >= 11 is 0. The smallest absolute Gasteiger partial charge is 0.225 e. The largest absolute Gasteiger partial charge is 0.377 e. The van der Waals surface area contributed by atoms with Crippen molar-refractivity contribution in [1.29, 1.82) is 0 Å². The first-order valence-corrected chi connectivity index (χ1v) is 9.92. The maximum atomic E-state index is 12.4. The number of carbonyl (C=O) groups is 2. The zero-order valence-corrected chi connectivity index (χ0v) is 15.6. The molecule has 2 aliphatic heterocycles. The van der Waals surface area contributed by atoms with E-state index in [2.05, 4.69) is 0 Å². The Labute approximate surface area is 156 Å². The highest BCUT2D eigenvalue weighted by atomic mass is 16.5. The molecule has 26 heavy (non-hydrogen) atoms. The van der Waals surface area contributed by atoms with Gasteiger partial charge in [0.2, 0.25) is 11.8 Å². The second-order valence-electron chi connectivity index (χ2n) is 7.33. The summed E-state index contributed by atoms with van der Waals surface area (Å²) in [6, 6.07) is 10.1. The van der Waals surface area contributed by atoms with Crippen molar-refractivity contribution < 1.29 is 14.3 Å². The fourth-order valence-electron chi connectivity index (χ4n) is 3.82. The van der Waals surface area contributed by atoms with E-state index >= 15 is 0 Å². The summed E-state index contributed by atoms with van der Waals surface area (Å²) in [5.41, 5.74) is 1.16. The van der Waals surface area contributed by atoms with E-state index in [1.807, 2.05) is 40.1 Å². The van der Waals surface area contributed by atoms with E-state index in [1.165, 1.54) is 0 Å². The number of amides is 2. The van der Waals surface area contributed by atoms with E-state index in [9.17, 15) is 9.59 Å². The molecule has 2 aliphatic rings. The first-order valence-electron chi connectivity index (χ1n) is 9.92. The number of likely N-dealkylation sites (tertiary alicyclic amines) is 2. The zero-order chi connectivity index (χ0) is 18.2. The highest BCUT2D eigenvalue weighted by Gasteiger charge is 2.30. The molecule has 1 aromatic carbocycles. The number of nitrogens with zero attached hydrogens (tertiary/aromatic N) is 2. The maximum Gasteiger partial charge on any atom is 0.225 e. The summed E-state index contributed by atoms with van der Waals surface area (Å²) in [7, 11) is 0. The fraction of sp³-hybridized carbons (Fsp3) is 0.619. The number of piperidine rings is 1. The second-order valence-corrected chi connectivity index (χ2v) is 7.33. The summed E-state index contributed by atoms with van der Waals surface area (Å²) in [4.78, 5) is 28.7. The molecule has 3 rings (SSSR count). The van der Waals surface area contributed by atoms with Gasteiger partial charge in [0, 0.05) is 45.1 Å². The van der Waals surface area contributed by atoms with Crippen molar-refractivity contribution in [2.45, 2.75) is 45.1 Å². The molecule has 142 valence electrons. The molecule has 2 heterocycles. The van der Waals surface area contributed by atoms with Crippen molar-refractivity contribution in [3.05, 3.63) is 35.9 Å². The van der Waals surface area contributed by atoms with Crippen molar-refractivity contribution in [3.63, 3.8) is 0 Å². The lowest BCUT2D eigenvalue weighted by Crippen LogP contribution is -2.43. The van der Waals surface area contributed by atoms with Gasteiger partial charge in [-0.1, -0.05) is 30.3 Å². The molecule has 0 saturated carbocycles. The molecule has 0 radical (unpaired) electrons. The molecule has 0 bridgehead atoms. The van der Waals surface area contributed by atoms with Crippen LogP contribution in [0.4, 0.5) is 0 Å². The third-order valence-corrected chi connectivity index (χ3v) is 5.41. The van der Waals surface area contributed by atoms with Gasteiger partial charge in [0.05, 0.1) is 6.61 Å². The first kappa shape index (κ1) is 18.9. The number of hydrogen-bond acceptors (Lipinski definition) is 3. The van der Waals surface area contributed by atoms with Gasteiger partial charge in [-0.3, -0.25) is 9.59 Å². The molecule has 0 atom stereocenters. The number of rotatable bonds is 7. The van der Waals surface area contributed by atoms with E-state index in [-0.39, 0.29) is 11.8 Å². The average Bonchev–Trinajstić information content (AvgIpc) is 3.23. The van der Waals surface area contributed by atoms with Crippen LogP contribution in [-0.4, -0.2) is 54.4 Å². The lowest BCUT2D eigenvalue weighted by atomic mass is 9.95. The van der Waals surface area contributed by atoms with Crippen LogP contribution in [0.1, 0.15) is 44.1 Å². The molecule has 0 spiro atoms. The highest BCUT2D eigenvalue weighted by Crippen LogP contribution is 2.22. The lowest BCUT2D eigenvalue weighted by molar-refractivity contribution is -0.140. The zero-order valence-electron chi connectivity index (χ0n) is 15.6. The van der Waals surface area contributed by atoms with Gasteiger partial charge in [-0.25, -0.2) is 0 Å². The molecule has 2 saturated heterocycles. The molecule has 5 nitrogen and oxygen atoms in total. The van der Waals surface area contributed by atoms with Gasteiger partial charge in [0.15, 0.2) is 0 Å². The van der Waals surface area contributed by atoms with Gasteiger partial charge in [0.1, 0.15) is 0 Å². The van der Waals surface area contributed by atoms with Crippen LogP contribution in [0, 0.1) is 5.92 Å². The van der Waals surface area contributed by atoms with Crippen molar-refractivity contribution in [3.8, 4) is 0 Å². The molecule has 0 unspecified atom stereocenters. The SMILES string of the molecule is O=C(CCCOCc1ccccc1)N1CCC(C(=O)N2CCCC2)CC1. The number of benzene rings is 1. The van der Waals surface area contributed by atoms with Crippen LogP contribution in [0.3, 0.4) is 0 Å². The molecule has 0 aliphatic carbocycles. The molecule has 0 aromatic heterocycles. The predicted molar refractivity (Wildman–Crippen MR) is 100 cm³/mol. The third-order valence-electron chi connectivity index (χ3n) is 5.41. The molecule has 2 amide bonds. The molecule has 5 heteroatoms. The van der Waals surface area contributed by atoms with Gasteiger partial charge in [0.25, 0.3) is 0 Å². The Hall–Kier alpha value is -1.88. The average molecular weight is 358 g/mol. The van der Waals surface area contributed by atoms with Crippen LogP contribution in [0.2, 0.25) is 0 Å². The van der Waals surface area contributed by atoms with Crippen LogP contribution in [-0.2, 0) is 20.9 Å². The standard InChI is InChI=1S/C21H30N2O3/c24-20(9-6-16-26-17-18-7-2-1-3-8-18)22-14-10-19(11-15-22)21(25)23-12-4-5-13-23/h1-3,7-8,19H,4-6,9-17H2. The molecule has 2 fully saturated rings. The van der Waals surface area contributed by atoms with Crippen molar-refractivity contribution in [1.82, 2.24) is 9.80 Å². The third kappa shape index (κ3) is 5.31. The minimum absolute atomic E-state index is 0.117. The Morgan fingerprint density at radius 3 is 2.35 bits per heavy atom. The Kier molecular flexibility index (Phi) is 7.06. The molecular weight excluding hydrogens is 328 g/mol. The van der Waals surface area contributed by atoms with Crippen LogP contribution in [0.25, 0.3) is 0 Å². The Morgan fingerprint density at radius 1 is 0.962 bits per heavy atom. The predicted octanol–water partition coefficient (Wildman–Crippen LogP) is 2.84. The minimum atomic E-state index is 0.117. The van der Waals surface area contributed by atoms with Crippen LogP contribution < -0.4 is 0 Å². The van der Waals surface area contributed by atoms with Crippen LogP contribution in [0.15, 0.2) is 30.3 Å². The van der Waals surface area contributed by atoms with Crippen LogP contribution >= 0.6 is 0 Å². The first-order chi connectivity index (χ1) is 12.7. The number of carbonyl (C=O) groups excluding carboxylic acids is 2. The number of ether oxygens (including phenoxy) is 1. The van der Waals surface area contributed by atoms with Gasteiger partial charge in [-0.15, -0.1) is 0 Å². The van der Waals surface area contributed by atoms with E-state index in [4.69, 9.17) is 4.74 Å². The number of hydrogen-bond donors (Lipinski definition) is 0. The lowest BCUT2D eigenvalue weighted by Gasteiger charge is -2.33. The quantitative estimate of drug-likeness (QED) is 0.704. The monoisotopic (exact) mass is 358 g/mol. The molecule has 0 N–H and O–H groups in total. The van der Waals surface area contributed by atoms with Crippen molar-refractivity contribution in [2.75, 3.05) is 32.8 Å². The van der Waals surface area contributed by atoms with Gasteiger partial charge < -0.3 is 14.5 Å². The second kappa shape index (κ2) is 9.72. The minimum Gasteiger partial charge on any atom is -0.377 e. The van der Waals surface area contributed by atoms with Gasteiger partial charge >= 0.3 is 0 Å². The summed E-state index contributed by atoms with van der Waals surface area (Å²) in [5, 5.41) is 0. The fourth-order valence-corrected chi connectivity index (χ4v) is 3.82. The molecular formula is C21H30N2O3. The van der Waals surface area contributed by atoms with Crippen molar-refractivity contribution in [2.24, 2.45) is 5.92 Å². The van der Waals surface area contributed by atoms with Gasteiger partial charge in [-0.05, 0) is 37.7 Å².